The molecule has 0 N–H and O–H groups in total. The highest BCUT2D eigenvalue weighted by molar-refractivity contribution is 6.31. The van der Waals surface area contributed by atoms with Gasteiger partial charge in [0.1, 0.15) is 0 Å². The van der Waals surface area contributed by atoms with Crippen molar-refractivity contribution in [3.63, 3.8) is 0 Å². The van der Waals surface area contributed by atoms with Crippen molar-refractivity contribution in [1.82, 2.24) is 9.88 Å². The number of aromatic nitrogens is 1. The molecular weight excluding hydrogens is 388 g/mol. The molecule has 6 nitrogen and oxygen atoms in total. The maximum Gasteiger partial charge on any atom is 0.269 e. The van der Waals surface area contributed by atoms with Crippen molar-refractivity contribution >= 4 is 33.9 Å². The number of benzene rings is 2. The summed E-state index contributed by atoms with van der Waals surface area (Å²) in [5.74, 6) is 0. The van der Waals surface area contributed by atoms with Gasteiger partial charge in [0, 0.05) is 66.6 Å². The summed E-state index contributed by atoms with van der Waals surface area (Å²) in [5, 5.41) is 12.8. The van der Waals surface area contributed by atoms with Gasteiger partial charge in [0.05, 0.1) is 10.4 Å². The quantitative estimate of drug-likeness (QED) is 0.458. The molecule has 0 radical (unpaired) electrons. The van der Waals surface area contributed by atoms with Gasteiger partial charge in [0.25, 0.3) is 5.69 Å². The van der Waals surface area contributed by atoms with Crippen molar-refractivity contribution in [3.8, 4) is 0 Å². The number of piperazine rings is 1. The number of nitro benzene ring substituents is 1. The van der Waals surface area contributed by atoms with Crippen molar-refractivity contribution in [3.05, 3.63) is 74.9 Å². The molecule has 3 aromatic rings. The van der Waals surface area contributed by atoms with E-state index in [1.165, 1.54) is 6.07 Å². The zero-order valence-electron chi connectivity index (χ0n) is 16.3. The summed E-state index contributed by atoms with van der Waals surface area (Å²) in [6.45, 7) is 6.60. The first-order chi connectivity index (χ1) is 14.0. The lowest BCUT2D eigenvalue weighted by Crippen LogP contribution is -2.47. The molecule has 2 aromatic carbocycles. The summed E-state index contributed by atoms with van der Waals surface area (Å²) >= 11 is 6.35. The van der Waals surface area contributed by atoms with Crippen LogP contribution < -0.4 is 4.90 Å². The summed E-state index contributed by atoms with van der Waals surface area (Å²) in [6.07, 6.45) is 0.810. The fraction of sp³-hybridized carbons (Fsp3) is 0.318. The van der Waals surface area contributed by atoms with E-state index in [1.54, 1.807) is 12.1 Å². The zero-order valence-corrected chi connectivity index (χ0v) is 17.1. The van der Waals surface area contributed by atoms with Crippen LogP contribution in [0.15, 0.2) is 48.5 Å². The van der Waals surface area contributed by atoms with E-state index >= 15 is 0 Å². The molecule has 0 bridgehead atoms. The molecule has 0 amide bonds. The van der Waals surface area contributed by atoms with Crippen LogP contribution in [-0.4, -0.2) is 47.5 Å². The van der Waals surface area contributed by atoms with Gasteiger partial charge in [-0.05, 0) is 43.2 Å². The van der Waals surface area contributed by atoms with Gasteiger partial charge in [0.2, 0.25) is 0 Å². The van der Waals surface area contributed by atoms with Gasteiger partial charge in [-0.25, -0.2) is 0 Å². The Morgan fingerprint density at radius 1 is 1.10 bits per heavy atom. The molecule has 0 aliphatic carbocycles. The van der Waals surface area contributed by atoms with Crippen LogP contribution in [-0.2, 0) is 6.42 Å². The predicted octanol–water partition coefficient (Wildman–Crippen LogP) is 4.47. The first-order valence-corrected chi connectivity index (χ1v) is 10.1. The number of hydrogen-bond acceptors (Lipinski definition) is 5. The van der Waals surface area contributed by atoms with E-state index in [0.717, 1.165) is 67.0 Å². The average molecular weight is 411 g/mol. The Morgan fingerprint density at radius 2 is 1.90 bits per heavy atom. The minimum atomic E-state index is -0.339. The lowest BCUT2D eigenvalue weighted by molar-refractivity contribution is -0.384. The highest BCUT2D eigenvalue weighted by Gasteiger charge is 2.19. The molecule has 150 valence electrons. The van der Waals surface area contributed by atoms with Crippen LogP contribution >= 0.6 is 11.6 Å². The highest BCUT2D eigenvalue weighted by Crippen LogP contribution is 2.31. The largest absolute Gasteiger partial charge is 0.368 e. The van der Waals surface area contributed by atoms with E-state index < -0.39 is 0 Å². The summed E-state index contributed by atoms with van der Waals surface area (Å²) in [6, 6.07) is 15.0. The summed E-state index contributed by atoms with van der Waals surface area (Å²) in [5.41, 5.74) is 4.21. The van der Waals surface area contributed by atoms with E-state index in [2.05, 4.69) is 20.9 Å². The molecule has 0 saturated carbocycles. The third-order valence-corrected chi connectivity index (χ3v) is 5.66. The Morgan fingerprint density at radius 3 is 2.66 bits per heavy atom. The SMILES string of the molecule is Cc1ccc2c(N3CCN(CCc4cccc([N+](=O)[O-])c4)CC3)cc(Cl)cc2n1. The predicted molar refractivity (Wildman–Crippen MR) is 117 cm³/mol. The second kappa shape index (κ2) is 8.35. The number of aryl methyl sites for hydroxylation is 1. The number of nitro groups is 1. The van der Waals surface area contributed by atoms with Gasteiger partial charge < -0.3 is 4.90 Å². The Kier molecular flexibility index (Phi) is 5.65. The molecule has 1 aliphatic rings. The lowest BCUT2D eigenvalue weighted by Gasteiger charge is -2.36. The molecule has 29 heavy (non-hydrogen) atoms. The molecule has 0 unspecified atom stereocenters. The molecule has 7 heteroatoms. The highest BCUT2D eigenvalue weighted by atomic mass is 35.5. The Balaban J connectivity index is 1.40. The van der Waals surface area contributed by atoms with E-state index in [0.29, 0.717) is 5.02 Å². The molecule has 1 saturated heterocycles. The minimum absolute atomic E-state index is 0.156. The number of rotatable bonds is 5. The molecule has 2 heterocycles. The molecule has 1 aliphatic heterocycles. The van der Waals surface area contributed by atoms with E-state index in [1.807, 2.05) is 31.2 Å². The van der Waals surface area contributed by atoms with Crippen molar-refractivity contribution in [2.75, 3.05) is 37.6 Å². The standard InChI is InChI=1S/C22H23ClN4O2/c1-16-5-6-20-21(24-16)14-18(23)15-22(20)26-11-9-25(10-12-26)8-7-17-3-2-4-19(13-17)27(28)29/h2-6,13-15H,7-12H2,1H3. The number of fused-ring (bicyclic) bond motifs is 1. The summed E-state index contributed by atoms with van der Waals surface area (Å²) in [7, 11) is 0. The number of hydrogen-bond donors (Lipinski definition) is 0. The maximum absolute atomic E-state index is 10.9. The molecule has 1 fully saturated rings. The van der Waals surface area contributed by atoms with Gasteiger partial charge in [-0.3, -0.25) is 20.0 Å². The first-order valence-electron chi connectivity index (χ1n) is 9.77. The number of anilines is 1. The van der Waals surface area contributed by atoms with Gasteiger partial charge in [-0.1, -0.05) is 23.7 Å². The molecular formula is C22H23ClN4O2. The van der Waals surface area contributed by atoms with Crippen molar-refractivity contribution in [2.24, 2.45) is 0 Å². The third kappa shape index (κ3) is 4.49. The average Bonchev–Trinajstić information content (AvgIpc) is 2.72. The number of pyridine rings is 1. The van der Waals surface area contributed by atoms with Crippen molar-refractivity contribution in [1.29, 1.82) is 0 Å². The Hall–Kier alpha value is -2.70. The molecule has 4 rings (SSSR count). The maximum atomic E-state index is 10.9. The second-order valence-electron chi connectivity index (χ2n) is 7.45. The van der Waals surface area contributed by atoms with Gasteiger partial charge >= 0.3 is 0 Å². The van der Waals surface area contributed by atoms with Crippen molar-refractivity contribution in [2.45, 2.75) is 13.3 Å². The first kappa shape index (κ1) is 19.6. The van der Waals surface area contributed by atoms with Crippen LogP contribution in [0.5, 0.6) is 0 Å². The van der Waals surface area contributed by atoms with Crippen LogP contribution in [0.2, 0.25) is 5.02 Å². The third-order valence-electron chi connectivity index (χ3n) is 5.44. The van der Waals surface area contributed by atoms with Gasteiger partial charge in [0.15, 0.2) is 0 Å². The summed E-state index contributed by atoms with van der Waals surface area (Å²) < 4.78 is 0. The van der Waals surface area contributed by atoms with Crippen LogP contribution in [0.1, 0.15) is 11.3 Å². The minimum Gasteiger partial charge on any atom is -0.368 e. The topological polar surface area (TPSA) is 62.5 Å². The summed E-state index contributed by atoms with van der Waals surface area (Å²) in [4.78, 5) is 20.0. The number of nitrogens with zero attached hydrogens (tertiary/aromatic N) is 4. The normalized spacial score (nSPS) is 15.0. The number of non-ortho nitro benzene ring substituents is 1. The molecule has 1 aromatic heterocycles. The van der Waals surface area contributed by atoms with Crippen LogP contribution in [0.4, 0.5) is 11.4 Å². The fourth-order valence-electron chi connectivity index (χ4n) is 3.87. The van der Waals surface area contributed by atoms with Crippen LogP contribution in [0.3, 0.4) is 0 Å². The van der Waals surface area contributed by atoms with E-state index in [9.17, 15) is 10.1 Å². The fourth-order valence-corrected chi connectivity index (χ4v) is 4.08. The molecule has 0 spiro atoms. The Labute approximate surface area is 174 Å². The van der Waals surface area contributed by atoms with E-state index in [4.69, 9.17) is 11.6 Å². The van der Waals surface area contributed by atoms with Gasteiger partial charge in [-0.15, -0.1) is 0 Å². The van der Waals surface area contributed by atoms with Crippen LogP contribution in [0, 0.1) is 17.0 Å². The Bertz CT molecular complexity index is 1040. The van der Waals surface area contributed by atoms with E-state index in [-0.39, 0.29) is 10.6 Å². The monoisotopic (exact) mass is 410 g/mol. The zero-order chi connectivity index (χ0) is 20.4. The smallest absolute Gasteiger partial charge is 0.269 e. The van der Waals surface area contributed by atoms with Gasteiger partial charge in [-0.2, -0.15) is 0 Å². The molecule has 0 atom stereocenters. The van der Waals surface area contributed by atoms with Crippen LogP contribution in [0.25, 0.3) is 10.9 Å². The van der Waals surface area contributed by atoms with Crippen molar-refractivity contribution < 1.29 is 4.92 Å². The lowest BCUT2D eigenvalue weighted by atomic mass is 10.1. The number of halogens is 1. The second-order valence-corrected chi connectivity index (χ2v) is 7.89.